The Kier molecular flexibility index (Phi) is 4.84. The number of phenolic OH excluding ortho intramolecular Hbond substituents is 1. The highest BCUT2D eigenvalue weighted by Crippen LogP contribution is 2.31. The Balaban J connectivity index is 1.83. The summed E-state index contributed by atoms with van der Waals surface area (Å²) in [5.41, 5.74) is 3.95. The molecule has 1 atom stereocenters. The van der Waals surface area contributed by atoms with Gasteiger partial charge in [0.25, 0.3) is 0 Å². The first-order chi connectivity index (χ1) is 12.1. The molecule has 3 rings (SSSR count). The predicted molar refractivity (Wildman–Crippen MR) is 98.9 cm³/mol. The van der Waals surface area contributed by atoms with E-state index in [1.165, 1.54) is 18.2 Å². The van der Waals surface area contributed by atoms with Crippen molar-refractivity contribution in [1.82, 2.24) is 9.97 Å². The number of methoxy groups -OCH3 is 1. The van der Waals surface area contributed by atoms with Crippen molar-refractivity contribution in [2.24, 2.45) is 0 Å². The number of nitrogens with one attached hydrogen (secondary N) is 1. The molecule has 1 heterocycles. The van der Waals surface area contributed by atoms with Crippen molar-refractivity contribution in [1.29, 1.82) is 0 Å². The number of aromatic nitrogens is 2. The highest BCUT2D eigenvalue weighted by molar-refractivity contribution is 5.64. The van der Waals surface area contributed by atoms with Crippen LogP contribution in [0.25, 0.3) is 11.3 Å². The summed E-state index contributed by atoms with van der Waals surface area (Å²) in [6.45, 7) is 4.16. The summed E-state index contributed by atoms with van der Waals surface area (Å²) >= 11 is 0. The predicted octanol–water partition coefficient (Wildman–Crippen LogP) is 4.34. The Morgan fingerprint density at radius 3 is 2.56 bits per heavy atom. The van der Waals surface area contributed by atoms with Gasteiger partial charge in [0.1, 0.15) is 5.82 Å². The van der Waals surface area contributed by atoms with Gasteiger partial charge in [0, 0.05) is 11.6 Å². The van der Waals surface area contributed by atoms with Crippen molar-refractivity contribution in [2.45, 2.75) is 19.9 Å². The van der Waals surface area contributed by atoms with E-state index in [4.69, 9.17) is 4.74 Å². The van der Waals surface area contributed by atoms with E-state index in [-0.39, 0.29) is 11.8 Å². The maximum absolute atomic E-state index is 9.73. The second-order valence-electron chi connectivity index (χ2n) is 5.95. The second-order valence-corrected chi connectivity index (χ2v) is 5.95. The molecule has 1 unspecified atom stereocenters. The molecule has 2 aromatic carbocycles. The fourth-order valence-electron chi connectivity index (χ4n) is 2.57. The van der Waals surface area contributed by atoms with Crippen molar-refractivity contribution in [3.63, 3.8) is 0 Å². The average molecular weight is 335 g/mol. The fourth-order valence-corrected chi connectivity index (χ4v) is 2.57. The standard InChI is InChI=1S/C20H21N3O2/c1-13-4-6-15(7-5-13)14(2)22-20-12-21-11-17(23-20)16-8-9-18(24)19(10-16)25-3/h4-12,14,24H,1-3H3,(H,22,23). The molecule has 0 aliphatic heterocycles. The topological polar surface area (TPSA) is 67.3 Å². The van der Waals surface area contributed by atoms with E-state index in [1.54, 1.807) is 30.6 Å². The molecule has 5 heteroatoms. The fraction of sp³-hybridized carbons (Fsp3) is 0.200. The summed E-state index contributed by atoms with van der Waals surface area (Å²) in [6.07, 6.45) is 3.39. The highest BCUT2D eigenvalue weighted by atomic mass is 16.5. The Bertz CT molecular complexity index is 863. The van der Waals surface area contributed by atoms with Gasteiger partial charge < -0.3 is 15.2 Å². The first-order valence-electron chi connectivity index (χ1n) is 8.09. The largest absolute Gasteiger partial charge is 0.504 e. The number of anilines is 1. The van der Waals surface area contributed by atoms with E-state index in [1.807, 2.05) is 0 Å². The molecule has 128 valence electrons. The van der Waals surface area contributed by atoms with Gasteiger partial charge >= 0.3 is 0 Å². The van der Waals surface area contributed by atoms with Crippen LogP contribution < -0.4 is 10.1 Å². The van der Waals surface area contributed by atoms with Gasteiger partial charge in [-0.2, -0.15) is 0 Å². The Hall–Kier alpha value is -3.08. The van der Waals surface area contributed by atoms with Crippen LogP contribution in [0.2, 0.25) is 0 Å². The molecule has 2 N–H and O–H groups in total. The van der Waals surface area contributed by atoms with Crippen LogP contribution in [0.5, 0.6) is 11.5 Å². The van der Waals surface area contributed by atoms with Gasteiger partial charge in [-0.25, -0.2) is 4.98 Å². The van der Waals surface area contributed by atoms with Crippen molar-refractivity contribution in [3.8, 4) is 22.8 Å². The van der Waals surface area contributed by atoms with Crippen LogP contribution in [-0.2, 0) is 0 Å². The number of ether oxygens (including phenoxy) is 1. The van der Waals surface area contributed by atoms with Gasteiger partial charge in [-0.05, 0) is 37.6 Å². The number of rotatable bonds is 5. The van der Waals surface area contributed by atoms with Gasteiger partial charge in [-0.1, -0.05) is 29.8 Å². The number of hydrogen-bond acceptors (Lipinski definition) is 5. The summed E-state index contributed by atoms with van der Waals surface area (Å²) < 4.78 is 5.16. The smallest absolute Gasteiger partial charge is 0.161 e. The number of aromatic hydroxyl groups is 1. The van der Waals surface area contributed by atoms with Gasteiger partial charge in [0.2, 0.25) is 0 Å². The molecule has 0 amide bonds. The summed E-state index contributed by atoms with van der Waals surface area (Å²) in [5.74, 6) is 1.20. The van der Waals surface area contributed by atoms with Crippen LogP contribution in [0.3, 0.4) is 0 Å². The maximum Gasteiger partial charge on any atom is 0.161 e. The zero-order chi connectivity index (χ0) is 17.8. The summed E-state index contributed by atoms with van der Waals surface area (Å²) in [5, 5.41) is 13.1. The molecule has 0 bridgehead atoms. The minimum atomic E-state index is 0.0986. The first kappa shape index (κ1) is 16.8. The average Bonchev–Trinajstić information content (AvgIpc) is 2.63. The van der Waals surface area contributed by atoms with Crippen LogP contribution in [0.15, 0.2) is 54.9 Å². The van der Waals surface area contributed by atoms with Crippen molar-refractivity contribution >= 4 is 5.82 Å². The lowest BCUT2D eigenvalue weighted by Crippen LogP contribution is -2.08. The quantitative estimate of drug-likeness (QED) is 0.726. The van der Waals surface area contributed by atoms with Crippen LogP contribution in [0, 0.1) is 6.92 Å². The third-order valence-corrected chi connectivity index (χ3v) is 4.05. The van der Waals surface area contributed by atoms with Crippen molar-refractivity contribution in [2.75, 3.05) is 12.4 Å². The molecular formula is C20H21N3O2. The molecule has 0 fully saturated rings. The lowest BCUT2D eigenvalue weighted by Gasteiger charge is -2.15. The molecule has 0 aliphatic carbocycles. The lowest BCUT2D eigenvalue weighted by atomic mass is 10.1. The molecular weight excluding hydrogens is 314 g/mol. The Labute approximate surface area is 147 Å². The van der Waals surface area contributed by atoms with E-state index in [0.717, 1.165) is 5.56 Å². The van der Waals surface area contributed by atoms with Crippen molar-refractivity contribution in [3.05, 3.63) is 66.0 Å². The van der Waals surface area contributed by atoms with E-state index < -0.39 is 0 Å². The SMILES string of the molecule is COc1cc(-c2cncc(NC(C)c3ccc(C)cc3)n2)ccc1O. The maximum atomic E-state index is 9.73. The highest BCUT2D eigenvalue weighted by Gasteiger charge is 2.09. The molecule has 0 saturated heterocycles. The number of phenols is 1. The first-order valence-corrected chi connectivity index (χ1v) is 8.09. The number of aryl methyl sites for hydroxylation is 1. The second kappa shape index (κ2) is 7.21. The van der Waals surface area contributed by atoms with Gasteiger partial charge in [-0.3, -0.25) is 4.98 Å². The van der Waals surface area contributed by atoms with Gasteiger partial charge in [-0.15, -0.1) is 0 Å². The molecule has 1 aromatic heterocycles. The van der Waals surface area contributed by atoms with Crippen LogP contribution in [-0.4, -0.2) is 22.2 Å². The minimum absolute atomic E-state index is 0.0986. The monoisotopic (exact) mass is 335 g/mol. The third-order valence-electron chi connectivity index (χ3n) is 4.05. The molecule has 0 aliphatic rings. The zero-order valence-electron chi connectivity index (χ0n) is 14.5. The summed E-state index contributed by atoms with van der Waals surface area (Å²) in [7, 11) is 1.52. The normalized spacial score (nSPS) is 11.8. The van der Waals surface area contributed by atoms with E-state index in [2.05, 4.69) is 53.4 Å². The van der Waals surface area contributed by atoms with Crippen LogP contribution in [0.1, 0.15) is 24.1 Å². The molecule has 3 aromatic rings. The molecule has 0 saturated carbocycles. The van der Waals surface area contributed by atoms with E-state index in [9.17, 15) is 5.11 Å². The number of hydrogen-bond donors (Lipinski definition) is 2. The summed E-state index contributed by atoms with van der Waals surface area (Å²) in [4.78, 5) is 8.89. The third kappa shape index (κ3) is 3.88. The minimum Gasteiger partial charge on any atom is -0.504 e. The van der Waals surface area contributed by atoms with E-state index in [0.29, 0.717) is 17.3 Å². The van der Waals surface area contributed by atoms with Crippen molar-refractivity contribution < 1.29 is 9.84 Å². The summed E-state index contributed by atoms with van der Waals surface area (Å²) in [6, 6.07) is 13.6. The lowest BCUT2D eigenvalue weighted by molar-refractivity contribution is 0.373. The Morgan fingerprint density at radius 2 is 1.84 bits per heavy atom. The van der Waals surface area contributed by atoms with E-state index >= 15 is 0 Å². The molecule has 0 spiro atoms. The van der Waals surface area contributed by atoms with Crippen LogP contribution in [0.4, 0.5) is 5.82 Å². The number of benzene rings is 2. The molecule has 5 nitrogen and oxygen atoms in total. The van der Waals surface area contributed by atoms with Crippen LogP contribution >= 0.6 is 0 Å². The number of nitrogens with zero attached hydrogens (tertiary/aromatic N) is 2. The Morgan fingerprint density at radius 1 is 1.08 bits per heavy atom. The van der Waals surface area contributed by atoms with Gasteiger partial charge in [0.15, 0.2) is 11.5 Å². The molecule has 0 radical (unpaired) electrons. The molecule has 25 heavy (non-hydrogen) atoms. The zero-order valence-corrected chi connectivity index (χ0v) is 14.5. The van der Waals surface area contributed by atoms with Gasteiger partial charge in [0.05, 0.1) is 25.2 Å².